The molecule has 2 heterocycles. The number of hydrogen-bond donors (Lipinski definition) is 2. The van der Waals surface area contributed by atoms with Crippen molar-refractivity contribution in [2.45, 2.75) is 24.6 Å². The molecule has 0 spiro atoms. The van der Waals surface area contributed by atoms with Crippen LogP contribution in [-0.2, 0) is 4.79 Å². The molecule has 2 aliphatic heterocycles. The first-order valence-corrected chi connectivity index (χ1v) is 8.96. The van der Waals surface area contributed by atoms with Crippen LogP contribution >= 0.6 is 0 Å². The van der Waals surface area contributed by atoms with Crippen LogP contribution in [-0.4, -0.2) is 41.1 Å². The van der Waals surface area contributed by atoms with Crippen molar-refractivity contribution in [1.29, 1.82) is 0 Å². The Morgan fingerprint density at radius 2 is 1.93 bits per heavy atom. The minimum absolute atomic E-state index is 0.150. The van der Waals surface area contributed by atoms with Crippen molar-refractivity contribution < 1.29 is 18.7 Å². The van der Waals surface area contributed by atoms with Crippen LogP contribution in [0.3, 0.4) is 0 Å². The first-order chi connectivity index (χ1) is 13.0. The number of aliphatic hydroxyl groups is 1. The number of aliphatic hydroxyl groups excluding tert-OH is 1. The minimum Gasteiger partial charge on any atom is -0.392 e. The summed E-state index contributed by atoms with van der Waals surface area (Å²) in [4.78, 5) is 14.7. The summed E-state index contributed by atoms with van der Waals surface area (Å²) >= 11 is 0. The van der Waals surface area contributed by atoms with Crippen molar-refractivity contribution >= 4 is 11.5 Å². The number of nitrogens with zero attached hydrogens (tertiary/aromatic N) is 1. The lowest BCUT2D eigenvalue weighted by Crippen LogP contribution is -2.43. The minimum atomic E-state index is -0.551. The van der Waals surface area contributed by atoms with Gasteiger partial charge in [0.2, 0.25) is 5.91 Å². The number of halogens is 2. The molecule has 1 saturated heterocycles. The molecule has 0 aromatic heterocycles. The summed E-state index contributed by atoms with van der Waals surface area (Å²) in [5, 5.41) is 12.8. The summed E-state index contributed by atoms with van der Waals surface area (Å²) in [5.41, 5.74) is 1.65. The molecule has 2 aromatic carbocycles. The Labute approximate surface area is 156 Å². The van der Waals surface area contributed by atoms with E-state index >= 15 is 0 Å². The van der Waals surface area contributed by atoms with Crippen molar-refractivity contribution in [2.75, 3.05) is 13.1 Å². The van der Waals surface area contributed by atoms with Gasteiger partial charge in [0.25, 0.3) is 0 Å². The maximum Gasteiger partial charge on any atom is 0.240 e. The summed E-state index contributed by atoms with van der Waals surface area (Å²) in [7, 11) is 0. The third-order valence-corrected chi connectivity index (χ3v) is 5.14. The van der Waals surface area contributed by atoms with E-state index in [4.69, 9.17) is 0 Å². The Bertz CT molecular complexity index is 885. The Balaban J connectivity index is 1.69. The van der Waals surface area contributed by atoms with Gasteiger partial charge in [0.05, 0.1) is 18.2 Å². The number of amides is 1. The molecule has 2 N–H and O–H groups in total. The molecular weight excluding hydrogens is 350 g/mol. The second-order valence-electron chi connectivity index (χ2n) is 6.99. The van der Waals surface area contributed by atoms with Gasteiger partial charge < -0.3 is 15.3 Å². The van der Waals surface area contributed by atoms with E-state index in [0.717, 1.165) is 23.8 Å². The van der Waals surface area contributed by atoms with E-state index < -0.39 is 23.8 Å². The molecule has 1 unspecified atom stereocenters. The molecule has 4 nitrogen and oxygen atoms in total. The average molecular weight is 370 g/mol. The summed E-state index contributed by atoms with van der Waals surface area (Å²) in [5.74, 6) is -1.18. The molecule has 0 aliphatic carbocycles. The number of carbonyl (C=O) groups excluding carboxylic acids is 1. The monoisotopic (exact) mass is 370 g/mol. The van der Waals surface area contributed by atoms with Crippen LogP contribution in [0.2, 0.25) is 0 Å². The van der Waals surface area contributed by atoms with Gasteiger partial charge in [0, 0.05) is 18.7 Å². The van der Waals surface area contributed by atoms with Gasteiger partial charge in [-0.05, 0) is 35.8 Å². The van der Waals surface area contributed by atoms with Gasteiger partial charge in [-0.1, -0.05) is 36.4 Å². The molecule has 0 radical (unpaired) electrons. The fraction of sp³-hybridized carbons (Fsp3) is 0.286. The zero-order chi connectivity index (χ0) is 19.0. The fourth-order valence-electron chi connectivity index (χ4n) is 3.78. The molecule has 1 fully saturated rings. The molecule has 2 aromatic rings. The van der Waals surface area contributed by atoms with E-state index in [9.17, 15) is 18.7 Å². The smallest absolute Gasteiger partial charge is 0.240 e. The van der Waals surface area contributed by atoms with Gasteiger partial charge in [-0.2, -0.15) is 0 Å². The molecule has 3 atom stereocenters. The number of benzene rings is 2. The molecule has 27 heavy (non-hydrogen) atoms. The number of hydrogen-bond acceptors (Lipinski definition) is 3. The molecular formula is C21H20F2N2O2. The van der Waals surface area contributed by atoms with Crippen LogP contribution in [0.25, 0.3) is 5.57 Å². The number of rotatable bonds is 3. The van der Waals surface area contributed by atoms with E-state index in [1.807, 2.05) is 36.4 Å². The van der Waals surface area contributed by atoms with Crippen molar-refractivity contribution in [2.24, 2.45) is 0 Å². The summed E-state index contributed by atoms with van der Waals surface area (Å²) in [6.07, 6.45) is 1.61. The Morgan fingerprint density at radius 1 is 1.15 bits per heavy atom. The van der Waals surface area contributed by atoms with Crippen LogP contribution in [0.1, 0.15) is 23.6 Å². The molecule has 4 rings (SSSR count). The van der Waals surface area contributed by atoms with Crippen molar-refractivity contribution in [3.63, 3.8) is 0 Å². The average Bonchev–Trinajstić information content (AvgIpc) is 3.30. The van der Waals surface area contributed by atoms with Crippen molar-refractivity contribution in [3.05, 3.63) is 77.4 Å². The van der Waals surface area contributed by atoms with Gasteiger partial charge in [-0.3, -0.25) is 4.79 Å². The molecule has 0 bridgehead atoms. The first-order valence-electron chi connectivity index (χ1n) is 8.96. The zero-order valence-electron chi connectivity index (χ0n) is 14.6. The van der Waals surface area contributed by atoms with Gasteiger partial charge in [0.1, 0.15) is 11.6 Å². The third-order valence-electron chi connectivity index (χ3n) is 5.14. The predicted octanol–water partition coefficient (Wildman–Crippen LogP) is 2.65. The van der Waals surface area contributed by atoms with Gasteiger partial charge in [-0.15, -0.1) is 0 Å². The fourth-order valence-corrected chi connectivity index (χ4v) is 3.78. The van der Waals surface area contributed by atoms with E-state index in [-0.39, 0.29) is 24.1 Å². The number of β-amino-alcohol motifs (C(OH)–C–C–N with tert-alkyl or cyclic N) is 1. The standard InChI is InChI=1S/C21H20F2N2O2/c22-15-6-7-18(23)17(9-15)14-8-20(13-4-2-1-3-5-13)25(12-14)21(27)19-10-16(26)11-24-19/h1-9,16,19-20,24,26H,10-12H2/t16-,19+,20?/m1/s1. The highest BCUT2D eigenvalue weighted by molar-refractivity contribution is 5.87. The third kappa shape index (κ3) is 3.50. The van der Waals surface area contributed by atoms with E-state index in [1.165, 1.54) is 0 Å². The molecule has 1 amide bonds. The SMILES string of the molecule is O=C([C@@H]1C[C@@H](O)CN1)N1CC(c2cc(F)ccc2F)=CC1c1ccccc1. The van der Waals surface area contributed by atoms with Crippen molar-refractivity contribution in [1.82, 2.24) is 10.2 Å². The van der Waals surface area contributed by atoms with Crippen LogP contribution in [0.4, 0.5) is 8.78 Å². The van der Waals surface area contributed by atoms with Crippen LogP contribution < -0.4 is 5.32 Å². The largest absolute Gasteiger partial charge is 0.392 e. The first kappa shape index (κ1) is 17.8. The summed E-state index contributed by atoms with van der Waals surface area (Å²) < 4.78 is 27.9. The highest BCUT2D eigenvalue weighted by Crippen LogP contribution is 2.36. The predicted molar refractivity (Wildman–Crippen MR) is 97.6 cm³/mol. The molecule has 6 heteroatoms. The topological polar surface area (TPSA) is 52.6 Å². The normalized spacial score (nSPS) is 24.9. The van der Waals surface area contributed by atoms with Gasteiger partial charge >= 0.3 is 0 Å². The highest BCUT2D eigenvalue weighted by atomic mass is 19.1. The Kier molecular flexibility index (Phi) is 4.76. The second kappa shape index (κ2) is 7.21. The number of nitrogens with one attached hydrogen (secondary N) is 1. The van der Waals surface area contributed by atoms with Crippen LogP contribution in [0.15, 0.2) is 54.6 Å². The van der Waals surface area contributed by atoms with Crippen molar-refractivity contribution in [3.8, 4) is 0 Å². The van der Waals surface area contributed by atoms with E-state index in [1.54, 1.807) is 4.90 Å². The quantitative estimate of drug-likeness (QED) is 0.874. The highest BCUT2D eigenvalue weighted by Gasteiger charge is 2.37. The van der Waals surface area contributed by atoms with E-state index in [0.29, 0.717) is 18.5 Å². The molecule has 2 aliphatic rings. The maximum atomic E-state index is 14.3. The van der Waals surface area contributed by atoms with Gasteiger partial charge in [-0.25, -0.2) is 8.78 Å². The maximum absolute atomic E-state index is 14.3. The zero-order valence-corrected chi connectivity index (χ0v) is 14.6. The van der Waals surface area contributed by atoms with Gasteiger partial charge in [0.15, 0.2) is 0 Å². The lowest BCUT2D eigenvalue weighted by atomic mass is 10.0. The summed E-state index contributed by atoms with van der Waals surface area (Å²) in [6, 6.07) is 12.0. The van der Waals surface area contributed by atoms with E-state index in [2.05, 4.69) is 5.32 Å². The Hall–Kier alpha value is -2.57. The molecule has 140 valence electrons. The van der Waals surface area contributed by atoms with Crippen LogP contribution in [0.5, 0.6) is 0 Å². The molecule has 0 saturated carbocycles. The Morgan fingerprint density at radius 3 is 2.63 bits per heavy atom. The van der Waals surface area contributed by atoms with Crippen LogP contribution in [0, 0.1) is 11.6 Å². The lowest BCUT2D eigenvalue weighted by molar-refractivity contribution is -0.133. The second-order valence-corrected chi connectivity index (χ2v) is 6.99. The summed E-state index contributed by atoms with van der Waals surface area (Å²) in [6.45, 7) is 0.562. The number of carbonyl (C=O) groups is 1. The lowest BCUT2D eigenvalue weighted by Gasteiger charge is -2.28.